The van der Waals surface area contributed by atoms with E-state index >= 15 is 0 Å². The molecular formula is C26H32FN7O2. The van der Waals surface area contributed by atoms with Crippen molar-refractivity contribution < 1.29 is 14.2 Å². The molecule has 0 unspecified atom stereocenters. The summed E-state index contributed by atoms with van der Waals surface area (Å²) >= 11 is 0. The molecule has 0 amide bonds. The number of nitrogens with zero attached hydrogens (tertiary/aromatic N) is 4. The van der Waals surface area contributed by atoms with Gasteiger partial charge in [0.25, 0.3) is 0 Å². The van der Waals surface area contributed by atoms with Crippen molar-refractivity contribution in [2.75, 3.05) is 31.7 Å². The van der Waals surface area contributed by atoms with Gasteiger partial charge in [-0.05, 0) is 63.4 Å². The van der Waals surface area contributed by atoms with Crippen LogP contribution in [0.15, 0.2) is 46.1 Å². The molecule has 4 N–H and O–H groups in total. The number of piperidine rings is 1. The first kappa shape index (κ1) is 24.1. The van der Waals surface area contributed by atoms with Gasteiger partial charge in [-0.25, -0.2) is 14.4 Å². The number of benzene rings is 1. The number of aliphatic hydroxyl groups excluding tert-OH is 1. The van der Waals surface area contributed by atoms with Gasteiger partial charge in [0.1, 0.15) is 11.7 Å². The summed E-state index contributed by atoms with van der Waals surface area (Å²) < 4.78 is 20.7. The first-order valence-corrected chi connectivity index (χ1v) is 12.4. The van der Waals surface area contributed by atoms with Gasteiger partial charge in [0.2, 0.25) is 0 Å². The number of likely N-dealkylation sites (tertiary alicyclic amines) is 1. The molecule has 2 aliphatic rings. The van der Waals surface area contributed by atoms with E-state index in [1.54, 1.807) is 24.3 Å². The molecule has 2 fully saturated rings. The van der Waals surface area contributed by atoms with Crippen LogP contribution in [0, 0.1) is 18.7 Å². The number of hydrogen-bond acceptors (Lipinski definition) is 6. The van der Waals surface area contributed by atoms with E-state index in [1.807, 2.05) is 13.0 Å². The van der Waals surface area contributed by atoms with Crippen molar-refractivity contribution in [3.63, 3.8) is 0 Å². The number of aliphatic hydroxyl groups is 1. The van der Waals surface area contributed by atoms with E-state index in [9.17, 15) is 9.50 Å². The van der Waals surface area contributed by atoms with Gasteiger partial charge in [-0.1, -0.05) is 0 Å². The average Bonchev–Trinajstić information content (AvgIpc) is 3.51. The second-order valence-corrected chi connectivity index (χ2v) is 9.49. The number of hydrogen-bond donors (Lipinski definition) is 4. The Morgan fingerprint density at radius 1 is 1.31 bits per heavy atom. The Morgan fingerprint density at radius 3 is 2.83 bits per heavy atom. The van der Waals surface area contributed by atoms with Gasteiger partial charge in [0.15, 0.2) is 24.1 Å². The molecule has 0 atom stereocenters. The number of nitrogens with one attached hydrogen (secondary N) is 3. The van der Waals surface area contributed by atoms with Crippen molar-refractivity contribution in [1.82, 2.24) is 20.1 Å². The van der Waals surface area contributed by atoms with E-state index in [1.165, 1.54) is 12.8 Å². The van der Waals surface area contributed by atoms with Crippen LogP contribution < -0.4 is 10.1 Å². The van der Waals surface area contributed by atoms with Gasteiger partial charge in [-0.15, -0.1) is 0 Å². The third kappa shape index (κ3) is 5.43. The molecule has 1 saturated carbocycles. The summed E-state index contributed by atoms with van der Waals surface area (Å²) in [6, 6.07) is 7.16. The first-order valence-electron chi connectivity index (χ1n) is 12.4. The molecule has 1 aromatic carbocycles. The highest BCUT2D eigenvalue weighted by atomic mass is 19.1. The second-order valence-electron chi connectivity index (χ2n) is 9.49. The number of H-pyrrole nitrogens is 2. The van der Waals surface area contributed by atoms with Crippen LogP contribution in [0.2, 0.25) is 0 Å². The number of aryl methyl sites for hydroxylation is 1. The first-order chi connectivity index (χ1) is 17.5. The number of fused-ring (bicyclic) bond motifs is 1. The van der Waals surface area contributed by atoms with Gasteiger partial charge < -0.3 is 25.0 Å². The fraction of sp³-hybridized carbons (Fsp3) is 0.423. The zero-order valence-corrected chi connectivity index (χ0v) is 20.4. The van der Waals surface area contributed by atoms with Crippen molar-refractivity contribution in [2.45, 2.75) is 38.5 Å². The molecule has 5 rings (SSSR count). The topological polar surface area (TPSA) is 114 Å². The minimum absolute atomic E-state index is 0.0593. The third-order valence-corrected chi connectivity index (χ3v) is 6.79. The van der Waals surface area contributed by atoms with E-state index in [0.717, 1.165) is 42.8 Å². The Morgan fingerprint density at radius 2 is 2.11 bits per heavy atom. The molecule has 0 bridgehead atoms. The second kappa shape index (κ2) is 10.5. The third-order valence-electron chi connectivity index (χ3n) is 6.79. The van der Waals surface area contributed by atoms with Crippen LogP contribution >= 0.6 is 0 Å². The van der Waals surface area contributed by atoms with Crippen LogP contribution in [-0.4, -0.2) is 64.2 Å². The van der Waals surface area contributed by atoms with E-state index in [2.05, 4.69) is 42.1 Å². The number of halogens is 1. The highest BCUT2D eigenvalue weighted by Gasteiger charge is 2.26. The number of amidine groups is 1. The largest absolute Gasteiger partial charge is 0.468 e. The van der Waals surface area contributed by atoms with Gasteiger partial charge in [0, 0.05) is 60.0 Å². The number of anilines is 1. The predicted molar refractivity (Wildman–Crippen MR) is 139 cm³/mol. The van der Waals surface area contributed by atoms with Crippen LogP contribution in [0.1, 0.15) is 43.0 Å². The number of aromatic amines is 2. The number of aliphatic imine (C=N–C) groups is 2. The average molecular weight is 494 g/mol. The summed E-state index contributed by atoms with van der Waals surface area (Å²) in [5.41, 5.74) is 2.73. The molecule has 190 valence electrons. The number of aromatic nitrogens is 3. The summed E-state index contributed by atoms with van der Waals surface area (Å²) in [6.45, 7) is 7.18. The zero-order valence-electron chi connectivity index (χ0n) is 20.4. The zero-order chi connectivity index (χ0) is 25.1. The maximum Gasteiger partial charge on any atom is 0.181 e. The number of rotatable bonds is 9. The monoisotopic (exact) mass is 493 g/mol. The molecule has 3 heterocycles. The quantitative estimate of drug-likeness (QED) is 0.262. The van der Waals surface area contributed by atoms with Crippen LogP contribution in [0.4, 0.5) is 10.2 Å². The van der Waals surface area contributed by atoms with Gasteiger partial charge in [0.05, 0.1) is 0 Å². The summed E-state index contributed by atoms with van der Waals surface area (Å²) in [4.78, 5) is 14.0. The van der Waals surface area contributed by atoms with E-state index in [4.69, 9.17) is 4.74 Å². The lowest BCUT2D eigenvalue weighted by molar-refractivity contribution is 0.166. The molecule has 0 spiro atoms. The summed E-state index contributed by atoms with van der Waals surface area (Å²) in [5, 5.41) is 20.6. The van der Waals surface area contributed by atoms with Crippen LogP contribution in [0.25, 0.3) is 10.9 Å². The molecular weight excluding hydrogens is 461 g/mol. The Labute approximate surface area is 209 Å². The Kier molecular flexibility index (Phi) is 7.04. The molecule has 1 saturated heterocycles. The molecule has 1 aliphatic carbocycles. The molecule has 0 radical (unpaired) electrons. The van der Waals surface area contributed by atoms with E-state index < -0.39 is 5.82 Å². The van der Waals surface area contributed by atoms with Crippen LogP contribution in [0.3, 0.4) is 0 Å². The van der Waals surface area contributed by atoms with E-state index in [-0.39, 0.29) is 25.0 Å². The lowest BCUT2D eigenvalue weighted by Crippen LogP contribution is -2.39. The van der Waals surface area contributed by atoms with Gasteiger partial charge >= 0.3 is 0 Å². The maximum atomic E-state index is 14.9. The van der Waals surface area contributed by atoms with Crippen molar-refractivity contribution in [1.29, 1.82) is 0 Å². The highest BCUT2D eigenvalue weighted by molar-refractivity contribution is 5.94. The molecule has 3 aromatic rings. The minimum atomic E-state index is -0.409. The van der Waals surface area contributed by atoms with Crippen molar-refractivity contribution in [2.24, 2.45) is 15.9 Å². The smallest absolute Gasteiger partial charge is 0.181 e. The molecule has 10 heteroatoms. The van der Waals surface area contributed by atoms with Crippen LogP contribution in [0.5, 0.6) is 5.75 Å². The Balaban J connectivity index is 1.34. The van der Waals surface area contributed by atoms with Crippen molar-refractivity contribution in [3.05, 3.63) is 53.4 Å². The normalized spacial score (nSPS) is 17.6. The standard InChI is InChI=1S/C26H32FN7O2/c1-16-11-19-20(30-16)5-6-22(26(19)27)36-15-29-25(34-9-7-17(14-35)8-10-34)13-23(28-2)31-24-12-21(32-33-24)18-3-4-18/h5-6,11-13,17-18,30,35H,2-4,7-10,14-15H2,1H3,(H2,31,32,33)/b23-13+,29-25+. The van der Waals surface area contributed by atoms with Crippen molar-refractivity contribution >= 4 is 29.3 Å². The number of ether oxygens (including phenoxy) is 1. The molecule has 1 aliphatic heterocycles. The molecule has 2 aromatic heterocycles. The van der Waals surface area contributed by atoms with E-state index in [0.29, 0.717) is 28.8 Å². The lowest BCUT2D eigenvalue weighted by Gasteiger charge is -2.32. The van der Waals surface area contributed by atoms with Gasteiger partial charge in [-0.2, -0.15) is 5.10 Å². The lowest BCUT2D eigenvalue weighted by atomic mass is 9.98. The maximum absolute atomic E-state index is 14.9. The fourth-order valence-electron chi connectivity index (χ4n) is 4.53. The molecule has 36 heavy (non-hydrogen) atoms. The SMILES string of the molecule is C=N/C(=C\C(=N/COc1ccc2[nH]c(C)cc2c1F)N1CCC(CO)CC1)Nc1cc(C2CC2)[nH]n1. The van der Waals surface area contributed by atoms with Crippen LogP contribution in [-0.2, 0) is 0 Å². The fourth-order valence-corrected chi connectivity index (χ4v) is 4.53. The molecule has 9 nitrogen and oxygen atoms in total. The summed E-state index contributed by atoms with van der Waals surface area (Å²) in [7, 11) is 0. The van der Waals surface area contributed by atoms with Crippen molar-refractivity contribution in [3.8, 4) is 5.75 Å². The summed E-state index contributed by atoms with van der Waals surface area (Å²) in [6.07, 6.45) is 5.88. The highest BCUT2D eigenvalue weighted by Crippen LogP contribution is 2.39. The Bertz CT molecular complexity index is 1280. The predicted octanol–water partition coefficient (Wildman–Crippen LogP) is 4.31. The Hall–Kier alpha value is -3.66. The van der Waals surface area contributed by atoms with Gasteiger partial charge in [-0.3, -0.25) is 5.10 Å². The minimum Gasteiger partial charge on any atom is -0.468 e. The summed E-state index contributed by atoms with van der Waals surface area (Å²) in [5.74, 6) is 2.41.